The molecule has 0 aliphatic carbocycles. The van der Waals surface area contributed by atoms with Gasteiger partial charge in [0, 0.05) is 10.9 Å². The molecule has 0 aromatic heterocycles. The maximum atomic E-state index is 9.22. The van der Waals surface area contributed by atoms with E-state index in [1.807, 2.05) is 37.3 Å². The second kappa shape index (κ2) is 6.78. The van der Waals surface area contributed by atoms with E-state index in [1.165, 1.54) is 5.56 Å². The fourth-order valence-electron chi connectivity index (χ4n) is 1.78. The van der Waals surface area contributed by atoms with E-state index in [4.69, 9.17) is 16.3 Å². The van der Waals surface area contributed by atoms with Crippen molar-refractivity contribution in [3.8, 4) is 11.8 Å². The van der Waals surface area contributed by atoms with Gasteiger partial charge in [0.05, 0.1) is 5.02 Å². The number of ether oxygens (including phenoxy) is 1. The second-order valence-corrected chi connectivity index (χ2v) is 5.82. The van der Waals surface area contributed by atoms with Crippen LogP contribution < -0.4 is 4.74 Å². The van der Waals surface area contributed by atoms with E-state index in [0.29, 0.717) is 17.2 Å². The van der Waals surface area contributed by atoms with Crippen LogP contribution in [0.15, 0.2) is 46.9 Å². The molecule has 0 bridgehead atoms. The lowest BCUT2D eigenvalue weighted by Crippen LogP contribution is -2.17. The number of nitriles is 1. The molecule has 0 N–H and O–H groups in total. The minimum atomic E-state index is -0.559. The van der Waals surface area contributed by atoms with Crippen molar-refractivity contribution in [1.82, 2.24) is 0 Å². The van der Waals surface area contributed by atoms with Crippen molar-refractivity contribution in [3.63, 3.8) is 0 Å². The fraction of sp³-hybridized carbons (Fsp3) is 0.188. The van der Waals surface area contributed by atoms with Crippen molar-refractivity contribution in [3.05, 3.63) is 63.1 Å². The van der Waals surface area contributed by atoms with Gasteiger partial charge < -0.3 is 4.74 Å². The molecule has 2 aromatic rings. The van der Waals surface area contributed by atoms with Crippen molar-refractivity contribution in [2.75, 3.05) is 0 Å². The molecule has 2 rings (SSSR count). The number of hydrogen-bond donors (Lipinski definition) is 0. The SMILES string of the molecule is Cc1ccc(C[C@@H](C#N)Oc2ccc(Br)cc2Cl)cc1. The molecule has 0 unspecified atom stereocenters. The second-order valence-electron chi connectivity index (χ2n) is 4.50. The Hall–Kier alpha value is -1.50. The summed E-state index contributed by atoms with van der Waals surface area (Å²) < 4.78 is 6.55. The molecule has 0 radical (unpaired) electrons. The van der Waals surface area contributed by atoms with Gasteiger partial charge in [-0.15, -0.1) is 0 Å². The van der Waals surface area contributed by atoms with Crippen molar-refractivity contribution in [2.24, 2.45) is 0 Å². The van der Waals surface area contributed by atoms with Gasteiger partial charge in [0.25, 0.3) is 0 Å². The van der Waals surface area contributed by atoms with Crippen LogP contribution in [0.5, 0.6) is 5.75 Å². The first-order chi connectivity index (χ1) is 9.58. The third kappa shape index (κ3) is 4.00. The van der Waals surface area contributed by atoms with Crippen LogP contribution >= 0.6 is 27.5 Å². The van der Waals surface area contributed by atoms with E-state index in [2.05, 4.69) is 22.0 Å². The molecule has 2 aromatic carbocycles. The summed E-state index contributed by atoms with van der Waals surface area (Å²) in [6, 6.07) is 15.6. The molecule has 0 saturated heterocycles. The molecule has 0 saturated carbocycles. The van der Waals surface area contributed by atoms with Crippen LogP contribution in [0, 0.1) is 18.3 Å². The highest BCUT2D eigenvalue weighted by Crippen LogP contribution is 2.28. The lowest BCUT2D eigenvalue weighted by molar-refractivity contribution is 0.257. The minimum Gasteiger partial charge on any atom is -0.474 e. The van der Waals surface area contributed by atoms with Crippen molar-refractivity contribution >= 4 is 27.5 Å². The lowest BCUT2D eigenvalue weighted by Gasteiger charge is -2.14. The third-order valence-corrected chi connectivity index (χ3v) is 3.64. The number of nitrogens with zero attached hydrogens (tertiary/aromatic N) is 1. The van der Waals surface area contributed by atoms with Gasteiger partial charge in [-0.1, -0.05) is 57.4 Å². The van der Waals surface area contributed by atoms with E-state index in [9.17, 15) is 5.26 Å². The maximum Gasteiger partial charge on any atom is 0.188 e. The topological polar surface area (TPSA) is 33.0 Å². The normalized spacial score (nSPS) is 11.7. The van der Waals surface area contributed by atoms with Gasteiger partial charge in [-0.3, -0.25) is 0 Å². The van der Waals surface area contributed by atoms with Gasteiger partial charge >= 0.3 is 0 Å². The summed E-state index contributed by atoms with van der Waals surface area (Å²) in [5, 5.41) is 9.71. The highest BCUT2D eigenvalue weighted by Gasteiger charge is 2.12. The average molecular weight is 351 g/mol. The Morgan fingerprint density at radius 2 is 1.95 bits per heavy atom. The van der Waals surface area contributed by atoms with Crippen LogP contribution in [0.3, 0.4) is 0 Å². The average Bonchev–Trinajstić information content (AvgIpc) is 2.43. The molecule has 0 aliphatic rings. The quantitative estimate of drug-likeness (QED) is 0.783. The summed E-state index contributed by atoms with van der Waals surface area (Å²) >= 11 is 9.43. The van der Waals surface area contributed by atoms with Gasteiger partial charge in [0.15, 0.2) is 6.10 Å². The van der Waals surface area contributed by atoms with Crippen LogP contribution in [0.1, 0.15) is 11.1 Å². The van der Waals surface area contributed by atoms with Crippen LogP contribution in [0.25, 0.3) is 0 Å². The largest absolute Gasteiger partial charge is 0.474 e. The van der Waals surface area contributed by atoms with Crippen LogP contribution in [-0.2, 0) is 6.42 Å². The number of benzene rings is 2. The Morgan fingerprint density at radius 3 is 2.55 bits per heavy atom. The Bertz CT molecular complexity index is 634. The van der Waals surface area contributed by atoms with Gasteiger partial charge in [-0.05, 0) is 30.7 Å². The molecule has 0 fully saturated rings. The summed E-state index contributed by atoms with van der Waals surface area (Å²) in [5.74, 6) is 0.522. The molecule has 2 nitrogen and oxygen atoms in total. The first-order valence-electron chi connectivity index (χ1n) is 6.15. The predicted molar refractivity (Wildman–Crippen MR) is 84.1 cm³/mol. The van der Waals surface area contributed by atoms with Crippen molar-refractivity contribution < 1.29 is 4.74 Å². The van der Waals surface area contributed by atoms with Crippen LogP contribution in [0.4, 0.5) is 0 Å². The van der Waals surface area contributed by atoms with Crippen molar-refractivity contribution in [1.29, 1.82) is 5.26 Å². The molecule has 0 spiro atoms. The molecule has 20 heavy (non-hydrogen) atoms. The Labute approximate surface area is 132 Å². The zero-order valence-corrected chi connectivity index (χ0v) is 13.3. The van der Waals surface area contributed by atoms with Crippen LogP contribution in [0.2, 0.25) is 5.02 Å². The van der Waals surface area contributed by atoms with Gasteiger partial charge in [-0.2, -0.15) is 5.26 Å². The molecule has 102 valence electrons. The number of aryl methyl sites for hydroxylation is 1. The highest BCUT2D eigenvalue weighted by atomic mass is 79.9. The monoisotopic (exact) mass is 349 g/mol. The van der Waals surface area contributed by atoms with E-state index < -0.39 is 6.10 Å². The smallest absolute Gasteiger partial charge is 0.188 e. The molecule has 0 heterocycles. The summed E-state index contributed by atoms with van der Waals surface area (Å²) in [4.78, 5) is 0. The zero-order valence-electron chi connectivity index (χ0n) is 10.9. The molecular weight excluding hydrogens is 338 g/mol. The Morgan fingerprint density at radius 1 is 1.25 bits per heavy atom. The van der Waals surface area contributed by atoms with Gasteiger partial charge in [0.1, 0.15) is 11.8 Å². The number of rotatable bonds is 4. The summed E-state index contributed by atoms with van der Waals surface area (Å²) in [7, 11) is 0. The van der Waals surface area contributed by atoms with E-state index in [1.54, 1.807) is 12.1 Å². The van der Waals surface area contributed by atoms with E-state index in [0.717, 1.165) is 10.0 Å². The maximum absolute atomic E-state index is 9.22. The lowest BCUT2D eigenvalue weighted by atomic mass is 10.1. The Kier molecular flexibility index (Phi) is 5.05. The predicted octanol–water partition coefficient (Wildman–Crippen LogP) is 4.92. The van der Waals surface area contributed by atoms with E-state index >= 15 is 0 Å². The third-order valence-electron chi connectivity index (χ3n) is 2.85. The standard InChI is InChI=1S/C16H13BrClNO/c1-11-2-4-12(5-3-11)8-14(10-19)20-16-7-6-13(17)9-15(16)18/h2-7,9,14H,8H2,1H3/t14-/m0/s1. The first-order valence-corrected chi connectivity index (χ1v) is 7.32. The van der Waals surface area contributed by atoms with Gasteiger partial charge in [0.2, 0.25) is 0 Å². The zero-order chi connectivity index (χ0) is 14.5. The summed E-state index contributed by atoms with van der Waals surface area (Å²) in [6.45, 7) is 2.03. The minimum absolute atomic E-state index is 0.489. The summed E-state index contributed by atoms with van der Waals surface area (Å²) in [5.41, 5.74) is 2.26. The number of halogens is 2. The molecular formula is C16H13BrClNO. The van der Waals surface area contributed by atoms with Crippen LogP contribution in [-0.4, -0.2) is 6.10 Å². The highest BCUT2D eigenvalue weighted by molar-refractivity contribution is 9.10. The van der Waals surface area contributed by atoms with Crippen molar-refractivity contribution in [2.45, 2.75) is 19.4 Å². The molecule has 4 heteroatoms. The molecule has 0 aliphatic heterocycles. The fourth-order valence-corrected chi connectivity index (χ4v) is 2.49. The van der Waals surface area contributed by atoms with E-state index in [-0.39, 0.29) is 0 Å². The Balaban J connectivity index is 2.09. The number of hydrogen-bond acceptors (Lipinski definition) is 2. The molecule has 0 amide bonds. The summed E-state index contributed by atoms with van der Waals surface area (Å²) in [6.07, 6.45) is -0.0280. The van der Waals surface area contributed by atoms with Gasteiger partial charge in [-0.25, -0.2) is 0 Å². The molecule has 1 atom stereocenters. The first kappa shape index (κ1) is 14.9.